The van der Waals surface area contributed by atoms with Gasteiger partial charge in [0.1, 0.15) is 5.76 Å². The van der Waals surface area contributed by atoms with E-state index in [2.05, 4.69) is 0 Å². The molecular weight excluding hydrogens is 274 g/mol. The van der Waals surface area contributed by atoms with E-state index < -0.39 is 17.8 Å². The molecule has 0 bridgehead atoms. The molecule has 106 valence electrons. The topological polar surface area (TPSA) is 26.3 Å². The average Bonchev–Trinajstić information content (AvgIpc) is 2.51. The van der Waals surface area contributed by atoms with Crippen LogP contribution in [0.3, 0.4) is 0 Å². The third-order valence-corrected chi connectivity index (χ3v) is 3.33. The van der Waals surface area contributed by atoms with Crippen LogP contribution in [0.1, 0.15) is 17.2 Å². The van der Waals surface area contributed by atoms with E-state index in [1.165, 1.54) is 12.1 Å². The molecule has 1 aliphatic rings. The average molecular weight is 286 g/mol. The summed E-state index contributed by atoms with van der Waals surface area (Å²) >= 11 is 0. The monoisotopic (exact) mass is 286 g/mol. The zero-order valence-corrected chi connectivity index (χ0v) is 11.0. The molecule has 0 saturated carbocycles. The molecule has 21 heavy (non-hydrogen) atoms. The van der Waals surface area contributed by atoms with Gasteiger partial charge in [-0.3, -0.25) is 4.79 Å². The maximum Gasteiger partial charge on any atom is 0.349 e. The van der Waals surface area contributed by atoms with Crippen molar-refractivity contribution in [3.05, 3.63) is 77.9 Å². The van der Waals surface area contributed by atoms with Crippen LogP contribution in [0.25, 0.3) is 5.76 Å². The smallest absolute Gasteiger partial charge is 0.349 e. The first-order valence-electron chi connectivity index (χ1n) is 6.50. The molecule has 0 saturated heterocycles. The van der Waals surface area contributed by atoms with Crippen LogP contribution in [-0.4, -0.2) is 11.7 Å². The van der Waals surface area contributed by atoms with E-state index in [4.69, 9.17) is 4.74 Å². The number of hydrogen-bond donors (Lipinski definition) is 0. The lowest BCUT2D eigenvalue weighted by atomic mass is 9.96. The fourth-order valence-electron chi connectivity index (χ4n) is 2.24. The number of carbonyl (C=O) groups excluding carboxylic acids is 1. The molecule has 4 heteroatoms. The zero-order valence-electron chi connectivity index (χ0n) is 11.0. The summed E-state index contributed by atoms with van der Waals surface area (Å²) in [5.41, 5.74) is 0.875. The Morgan fingerprint density at radius 3 is 2.10 bits per heavy atom. The summed E-state index contributed by atoms with van der Waals surface area (Å²) in [6.07, 6.45) is -0.735. The number of ether oxygens (including phenoxy) is 1. The van der Waals surface area contributed by atoms with Gasteiger partial charge in [-0.1, -0.05) is 60.7 Å². The minimum absolute atomic E-state index is 0.167. The summed E-state index contributed by atoms with van der Waals surface area (Å²) in [5, 5.41) is 0. The van der Waals surface area contributed by atoms with Crippen molar-refractivity contribution in [3.8, 4) is 0 Å². The van der Waals surface area contributed by atoms with Gasteiger partial charge >= 0.3 is 5.92 Å². The number of allylic oxidation sites excluding steroid dienone is 1. The Balaban J connectivity index is 2.03. The van der Waals surface area contributed by atoms with Gasteiger partial charge in [-0.25, -0.2) is 0 Å². The Morgan fingerprint density at radius 2 is 1.48 bits per heavy atom. The van der Waals surface area contributed by atoms with Crippen LogP contribution in [0.5, 0.6) is 0 Å². The van der Waals surface area contributed by atoms with Gasteiger partial charge in [-0.15, -0.1) is 0 Å². The van der Waals surface area contributed by atoms with Crippen molar-refractivity contribution >= 4 is 11.5 Å². The minimum Gasteiger partial charge on any atom is -0.478 e. The van der Waals surface area contributed by atoms with E-state index in [1.807, 2.05) is 0 Å². The lowest BCUT2D eigenvalue weighted by Gasteiger charge is -2.31. The summed E-state index contributed by atoms with van der Waals surface area (Å²) in [7, 11) is 0. The lowest BCUT2D eigenvalue weighted by molar-refractivity contribution is -0.159. The van der Waals surface area contributed by atoms with Gasteiger partial charge in [0.2, 0.25) is 5.78 Å². The Bertz CT molecular complexity index is 678. The molecule has 0 amide bonds. The van der Waals surface area contributed by atoms with Gasteiger partial charge in [0, 0.05) is 11.6 Å². The van der Waals surface area contributed by atoms with Gasteiger partial charge in [0.15, 0.2) is 6.10 Å². The number of carbonyl (C=O) groups is 1. The van der Waals surface area contributed by atoms with Crippen LogP contribution in [-0.2, 0) is 9.53 Å². The molecule has 0 spiro atoms. The third-order valence-electron chi connectivity index (χ3n) is 3.33. The summed E-state index contributed by atoms with van der Waals surface area (Å²) < 4.78 is 33.7. The fraction of sp³-hybridized carbons (Fsp3) is 0.118. The minimum atomic E-state index is -3.57. The highest BCUT2D eigenvalue weighted by Gasteiger charge is 2.51. The molecule has 2 aromatic carbocycles. The molecule has 0 fully saturated rings. The summed E-state index contributed by atoms with van der Waals surface area (Å²) in [6, 6.07) is 16.8. The highest BCUT2D eigenvalue weighted by atomic mass is 19.3. The highest BCUT2D eigenvalue weighted by molar-refractivity contribution is 6.02. The molecule has 1 aliphatic heterocycles. The second-order valence-corrected chi connectivity index (χ2v) is 4.77. The number of ketones is 1. The SMILES string of the molecule is O=C1C=C(c2ccccc2)OC(c2ccccc2)C1(F)F. The number of benzene rings is 2. The molecule has 0 aliphatic carbocycles. The molecule has 1 heterocycles. The molecule has 0 N–H and O–H groups in total. The van der Waals surface area contributed by atoms with Crippen LogP contribution in [0.4, 0.5) is 8.78 Å². The molecule has 0 aromatic heterocycles. The van der Waals surface area contributed by atoms with Crippen LogP contribution >= 0.6 is 0 Å². The van der Waals surface area contributed by atoms with Crippen molar-refractivity contribution in [1.82, 2.24) is 0 Å². The van der Waals surface area contributed by atoms with Crippen LogP contribution < -0.4 is 0 Å². The largest absolute Gasteiger partial charge is 0.478 e. The number of halogens is 2. The Morgan fingerprint density at radius 1 is 0.905 bits per heavy atom. The van der Waals surface area contributed by atoms with Gasteiger partial charge in [-0.05, 0) is 5.56 Å². The zero-order chi connectivity index (χ0) is 14.9. The third kappa shape index (κ3) is 2.44. The quantitative estimate of drug-likeness (QED) is 0.834. The van der Waals surface area contributed by atoms with Crippen LogP contribution in [0.15, 0.2) is 66.7 Å². The van der Waals surface area contributed by atoms with Gasteiger partial charge in [0.25, 0.3) is 0 Å². The maximum atomic E-state index is 14.1. The second kappa shape index (κ2) is 5.13. The first-order chi connectivity index (χ1) is 10.1. The molecular formula is C17H12F2O2. The predicted molar refractivity (Wildman–Crippen MR) is 74.6 cm³/mol. The highest BCUT2D eigenvalue weighted by Crippen LogP contribution is 2.42. The Hall–Kier alpha value is -2.49. The normalized spacial score (nSPS) is 20.6. The van der Waals surface area contributed by atoms with Crippen LogP contribution in [0, 0.1) is 0 Å². The summed E-state index contributed by atoms with van der Waals surface area (Å²) in [4.78, 5) is 11.8. The van der Waals surface area contributed by atoms with Crippen molar-refractivity contribution < 1.29 is 18.3 Å². The predicted octanol–water partition coefficient (Wildman–Crippen LogP) is 4.00. The molecule has 1 atom stereocenters. The van der Waals surface area contributed by atoms with Crippen molar-refractivity contribution in [3.63, 3.8) is 0 Å². The number of alkyl halides is 2. The van der Waals surface area contributed by atoms with Crippen molar-refractivity contribution in [1.29, 1.82) is 0 Å². The molecule has 3 rings (SSSR count). The van der Waals surface area contributed by atoms with E-state index in [1.54, 1.807) is 48.5 Å². The Labute approximate surface area is 120 Å². The molecule has 1 unspecified atom stereocenters. The maximum absolute atomic E-state index is 14.1. The summed E-state index contributed by atoms with van der Waals surface area (Å²) in [5.74, 6) is -4.64. The molecule has 0 radical (unpaired) electrons. The van der Waals surface area contributed by atoms with E-state index >= 15 is 0 Å². The number of hydrogen-bond acceptors (Lipinski definition) is 2. The van der Waals surface area contributed by atoms with Crippen molar-refractivity contribution in [2.24, 2.45) is 0 Å². The molecule has 2 aromatic rings. The number of rotatable bonds is 2. The summed E-state index contributed by atoms with van der Waals surface area (Å²) in [6.45, 7) is 0. The van der Waals surface area contributed by atoms with E-state index in [-0.39, 0.29) is 11.3 Å². The molecule has 2 nitrogen and oxygen atoms in total. The standard InChI is InChI=1S/C17H12F2O2/c18-17(19)15(20)11-14(12-7-3-1-4-8-12)21-16(17)13-9-5-2-6-10-13/h1-11,16H. The van der Waals surface area contributed by atoms with Gasteiger partial charge < -0.3 is 4.74 Å². The van der Waals surface area contributed by atoms with Gasteiger partial charge in [-0.2, -0.15) is 8.78 Å². The Kier molecular flexibility index (Phi) is 3.29. The van der Waals surface area contributed by atoms with Crippen molar-refractivity contribution in [2.75, 3.05) is 0 Å². The second-order valence-electron chi connectivity index (χ2n) is 4.77. The van der Waals surface area contributed by atoms with E-state index in [9.17, 15) is 13.6 Å². The van der Waals surface area contributed by atoms with Crippen molar-refractivity contribution in [2.45, 2.75) is 12.0 Å². The van der Waals surface area contributed by atoms with Crippen LogP contribution in [0.2, 0.25) is 0 Å². The van der Waals surface area contributed by atoms with Gasteiger partial charge in [0.05, 0.1) is 0 Å². The lowest BCUT2D eigenvalue weighted by Crippen LogP contribution is -2.39. The first kappa shape index (κ1) is 13.5. The fourth-order valence-corrected chi connectivity index (χ4v) is 2.24. The van der Waals surface area contributed by atoms with E-state index in [0.717, 1.165) is 6.08 Å². The first-order valence-corrected chi connectivity index (χ1v) is 6.50. The van der Waals surface area contributed by atoms with E-state index in [0.29, 0.717) is 5.56 Å².